The normalized spacial score (nSPS) is 13.6. The highest BCUT2D eigenvalue weighted by atomic mass is 29.8. The fraction of sp³-hybridized carbons (Fsp3) is 0.250. The second-order valence-electron chi connectivity index (χ2n) is 12.7. The van der Waals surface area contributed by atoms with E-state index in [1.807, 2.05) is 0 Å². The summed E-state index contributed by atoms with van der Waals surface area (Å²) in [7, 11) is -6.97. The molecule has 0 aromatic heterocycles. The first-order chi connectivity index (χ1) is 16.9. The maximum Gasteiger partial charge on any atom is 0.0727 e. The first kappa shape index (κ1) is 25.4. The topological polar surface area (TPSA) is 0 Å². The fourth-order valence-corrected chi connectivity index (χ4v) is 76.4. The van der Waals surface area contributed by atoms with Crippen molar-refractivity contribution in [2.45, 2.75) is 52.4 Å². The van der Waals surface area contributed by atoms with Gasteiger partial charge < -0.3 is 0 Å². The Morgan fingerprint density at radius 2 is 0.806 bits per heavy atom. The molecule has 0 fully saturated rings. The minimum absolute atomic E-state index is 1.40. The zero-order valence-corrected chi connectivity index (χ0v) is 27.2. The Hall–Kier alpha value is -2.25. The molecular weight excluding hydrogens is 497 g/mol. The third-order valence-corrected chi connectivity index (χ3v) is 77.9. The van der Waals surface area contributed by atoms with Crippen LogP contribution < -0.4 is 10.4 Å². The molecule has 0 heterocycles. The van der Waals surface area contributed by atoms with Crippen molar-refractivity contribution in [3.8, 4) is 0 Å². The van der Waals surface area contributed by atoms with Crippen molar-refractivity contribution in [2.24, 2.45) is 0 Å². The Kier molecular flexibility index (Phi) is 6.11. The van der Waals surface area contributed by atoms with Gasteiger partial charge in [-0.15, -0.1) is 0 Å². The molecule has 5 aromatic carbocycles. The second-order valence-corrected chi connectivity index (χ2v) is 52.3. The van der Waals surface area contributed by atoms with E-state index in [0.717, 1.165) is 0 Å². The Morgan fingerprint density at radius 1 is 0.389 bits per heavy atom. The summed E-state index contributed by atoms with van der Waals surface area (Å²) in [6, 6.07) is 36.9. The molecule has 0 nitrogen and oxygen atoms in total. The molecule has 0 aliphatic carbocycles. The lowest BCUT2D eigenvalue weighted by Gasteiger charge is -2.55. The molecule has 0 spiro atoms. The average molecular weight is 537 g/mol. The second kappa shape index (κ2) is 8.66. The van der Waals surface area contributed by atoms with Gasteiger partial charge in [-0.3, -0.25) is 0 Å². The molecule has 36 heavy (non-hydrogen) atoms. The van der Waals surface area contributed by atoms with E-state index in [2.05, 4.69) is 149 Å². The van der Waals surface area contributed by atoms with E-state index in [4.69, 9.17) is 0 Å². The lowest BCUT2D eigenvalue weighted by atomic mass is 10.0. The van der Waals surface area contributed by atoms with Crippen molar-refractivity contribution in [1.29, 1.82) is 0 Å². The van der Waals surface area contributed by atoms with Gasteiger partial charge in [0.25, 0.3) is 0 Å². The molecule has 5 rings (SSSR count). The third kappa shape index (κ3) is 3.57. The van der Waals surface area contributed by atoms with Gasteiger partial charge in [-0.1, -0.05) is 149 Å². The van der Waals surface area contributed by atoms with E-state index in [0.29, 0.717) is 0 Å². The molecule has 0 unspecified atom stereocenters. The lowest BCUT2D eigenvalue weighted by molar-refractivity contribution is 1.72. The predicted molar refractivity (Wildman–Crippen MR) is 175 cm³/mol. The van der Waals surface area contributed by atoms with E-state index in [-0.39, 0.29) is 0 Å². The van der Waals surface area contributed by atoms with Crippen LogP contribution in [0.2, 0.25) is 52.4 Å². The standard InChI is InChI=1S/C32H40Si4/c1-33(2,31-23-15-19-25-16-9-12-20-28(25)31)35(5,6)36(7,8)34(3,4)32-29-21-13-10-17-26(29)24-27-18-11-14-22-30(27)32/h9-24H,1-8H3. The molecular formula is C32H40Si4. The van der Waals surface area contributed by atoms with Gasteiger partial charge in [0.2, 0.25) is 0 Å². The monoisotopic (exact) mass is 536 g/mol. The molecule has 0 atom stereocenters. The van der Waals surface area contributed by atoms with E-state index in [1.165, 1.54) is 32.3 Å². The van der Waals surface area contributed by atoms with Crippen LogP contribution in [0.3, 0.4) is 0 Å². The Balaban J connectivity index is 1.75. The predicted octanol–water partition coefficient (Wildman–Crippen LogP) is 8.33. The smallest absolute Gasteiger partial charge is 0.0727 e. The first-order valence-electron chi connectivity index (χ1n) is 13.3. The van der Waals surface area contributed by atoms with Crippen molar-refractivity contribution in [3.63, 3.8) is 0 Å². The summed E-state index contributed by atoms with van der Waals surface area (Å²) in [4.78, 5) is 0. The van der Waals surface area contributed by atoms with Gasteiger partial charge in [-0.25, -0.2) is 0 Å². The van der Waals surface area contributed by atoms with Crippen molar-refractivity contribution in [1.82, 2.24) is 0 Å². The largest absolute Gasteiger partial charge is 0.0730 e. The van der Waals surface area contributed by atoms with Crippen LogP contribution in [-0.2, 0) is 0 Å². The summed E-state index contributed by atoms with van der Waals surface area (Å²) in [5.41, 5.74) is 0. The lowest BCUT2D eigenvalue weighted by Crippen LogP contribution is -2.84. The maximum atomic E-state index is 2.79. The quantitative estimate of drug-likeness (QED) is 0.156. The highest BCUT2D eigenvalue weighted by Gasteiger charge is 2.60. The van der Waals surface area contributed by atoms with Crippen molar-refractivity contribution < 1.29 is 0 Å². The maximum absolute atomic E-state index is 2.79. The highest BCUT2D eigenvalue weighted by Crippen LogP contribution is 2.38. The minimum Gasteiger partial charge on any atom is -0.0730 e. The van der Waals surface area contributed by atoms with Gasteiger partial charge in [0.15, 0.2) is 0 Å². The van der Waals surface area contributed by atoms with Crippen molar-refractivity contribution >= 4 is 72.1 Å². The molecule has 0 saturated carbocycles. The van der Waals surface area contributed by atoms with Crippen LogP contribution in [0.4, 0.5) is 0 Å². The van der Waals surface area contributed by atoms with Crippen LogP contribution in [-0.4, -0.2) is 29.4 Å². The molecule has 0 amide bonds. The number of fused-ring (bicyclic) bond motifs is 3. The van der Waals surface area contributed by atoms with E-state index < -0.39 is 29.4 Å². The van der Waals surface area contributed by atoms with Gasteiger partial charge in [0.05, 0.1) is 15.2 Å². The number of rotatable bonds is 5. The summed E-state index contributed by atoms with van der Waals surface area (Å²) in [5, 5.41) is 12.1. The third-order valence-electron chi connectivity index (χ3n) is 10.5. The van der Waals surface area contributed by atoms with Gasteiger partial charge in [-0.05, 0) is 43.6 Å². The zero-order valence-electron chi connectivity index (χ0n) is 23.2. The molecule has 4 heteroatoms. The van der Waals surface area contributed by atoms with E-state index in [9.17, 15) is 0 Å². The average Bonchev–Trinajstić information content (AvgIpc) is 2.86. The molecule has 5 aromatic rings. The summed E-state index contributed by atoms with van der Waals surface area (Å²) in [5.74, 6) is 0. The molecule has 0 bridgehead atoms. The molecule has 0 N–H and O–H groups in total. The molecule has 0 aliphatic rings. The van der Waals surface area contributed by atoms with Gasteiger partial charge >= 0.3 is 0 Å². The number of benzene rings is 5. The molecule has 0 saturated heterocycles. The van der Waals surface area contributed by atoms with Crippen LogP contribution in [0.15, 0.2) is 97.1 Å². The number of hydrogen-bond donors (Lipinski definition) is 0. The SMILES string of the molecule is C[Si](C)(c1cccc2ccccc12)[Si](C)(C)[Si](C)(C)[Si](C)(C)c1c2ccccc2cc2ccccc12. The van der Waals surface area contributed by atoms with Crippen molar-refractivity contribution in [3.05, 3.63) is 97.1 Å². The first-order valence-corrected chi connectivity index (χ1v) is 28.3. The summed E-state index contributed by atoms with van der Waals surface area (Å²) < 4.78 is 0. The van der Waals surface area contributed by atoms with Crippen molar-refractivity contribution in [2.75, 3.05) is 0 Å². The summed E-state index contributed by atoms with van der Waals surface area (Å²) in [6.07, 6.45) is 0. The number of hydrogen-bond acceptors (Lipinski definition) is 0. The van der Waals surface area contributed by atoms with Crippen LogP contribution in [0.25, 0.3) is 32.3 Å². The fourth-order valence-electron chi connectivity index (χ4n) is 6.67. The zero-order chi connectivity index (χ0) is 25.9. The molecule has 0 radical (unpaired) electrons. The van der Waals surface area contributed by atoms with E-state index in [1.54, 1.807) is 10.4 Å². The molecule has 184 valence electrons. The van der Waals surface area contributed by atoms with Gasteiger partial charge in [0.1, 0.15) is 0 Å². The highest BCUT2D eigenvalue weighted by molar-refractivity contribution is 7.85. The Labute approximate surface area is 220 Å². The van der Waals surface area contributed by atoms with Crippen LogP contribution in [0, 0.1) is 0 Å². The summed E-state index contributed by atoms with van der Waals surface area (Å²) in [6.45, 7) is 22.0. The summed E-state index contributed by atoms with van der Waals surface area (Å²) >= 11 is 0. The van der Waals surface area contributed by atoms with Crippen LogP contribution >= 0.6 is 0 Å². The van der Waals surface area contributed by atoms with E-state index >= 15 is 0 Å². The van der Waals surface area contributed by atoms with Gasteiger partial charge in [-0.2, -0.15) is 0 Å². The molecule has 0 aliphatic heterocycles. The van der Waals surface area contributed by atoms with Gasteiger partial charge in [0, 0.05) is 14.2 Å². The minimum atomic E-state index is -1.85. The van der Waals surface area contributed by atoms with Crippen LogP contribution in [0.5, 0.6) is 0 Å². The Morgan fingerprint density at radius 3 is 1.36 bits per heavy atom. The van der Waals surface area contributed by atoms with Crippen LogP contribution in [0.1, 0.15) is 0 Å². The Bertz CT molecular complexity index is 1540.